The molecule has 0 bridgehead atoms. The molecule has 1 N–H and O–H groups in total. The van der Waals surface area contributed by atoms with E-state index in [0.29, 0.717) is 0 Å². The lowest BCUT2D eigenvalue weighted by atomic mass is 10.1. The van der Waals surface area contributed by atoms with Gasteiger partial charge in [0.25, 0.3) is 0 Å². The predicted octanol–water partition coefficient (Wildman–Crippen LogP) is 5.05. The molecule has 0 saturated carbocycles. The minimum Gasteiger partial charge on any atom is -0.315 e. The van der Waals surface area contributed by atoms with E-state index in [1.54, 1.807) is 0 Å². The van der Waals surface area contributed by atoms with Crippen molar-refractivity contribution in [2.75, 3.05) is 7.05 Å². The zero-order valence-corrected chi connectivity index (χ0v) is 13.0. The average molecular weight is 332 g/mol. The molecule has 1 aromatic heterocycles. The third-order valence-corrected chi connectivity index (χ3v) is 4.73. The Hall–Kier alpha value is -1.16. The van der Waals surface area contributed by atoms with E-state index in [-0.39, 0.29) is 0 Å². The first kappa shape index (κ1) is 12.9. The van der Waals surface area contributed by atoms with Crippen LogP contribution in [0.5, 0.6) is 0 Å². The van der Waals surface area contributed by atoms with Crippen LogP contribution in [0.3, 0.4) is 0 Å². The molecular weight excluding hydrogens is 318 g/mol. The van der Waals surface area contributed by atoms with E-state index < -0.39 is 0 Å². The van der Waals surface area contributed by atoms with Gasteiger partial charge in [-0.3, -0.25) is 0 Å². The van der Waals surface area contributed by atoms with Crippen LogP contribution in [0, 0.1) is 0 Å². The molecule has 1 nitrogen and oxygen atoms in total. The zero-order chi connectivity index (χ0) is 13.2. The maximum atomic E-state index is 3.51. The molecular formula is C16H14BrNS. The molecule has 96 valence electrons. The molecule has 19 heavy (non-hydrogen) atoms. The second kappa shape index (κ2) is 5.45. The summed E-state index contributed by atoms with van der Waals surface area (Å²) in [4.78, 5) is 2.70. The largest absolute Gasteiger partial charge is 0.315 e. The Morgan fingerprint density at radius 2 is 1.79 bits per heavy atom. The number of hydrogen-bond acceptors (Lipinski definition) is 2. The first-order chi connectivity index (χ1) is 9.26. The van der Waals surface area contributed by atoms with Gasteiger partial charge in [0.2, 0.25) is 0 Å². The summed E-state index contributed by atoms with van der Waals surface area (Å²) >= 11 is 5.36. The summed E-state index contributed by atoms with van der Waals surface area (Å²) in [6, 6.07) is 17.4. The van der Waals surface area contributed by atoms with Gasteiger partial charge in [0.05, 0.1) is 0 Å². The Morgan fingerprint density at radius 3 is 2.63 bits per heavy atom. The van der Waals surface area contributed by atoms with Gasteiger partial charge in [0.1, 0.15) is 0 Å². The van der Waals surface area contributed by atoms with Crippen LogP contribution in [0.4, 0.5) is 0 Å². The summed E-state index contributed by atoms with van der Waals surface area (Å²) in [5.74, 6) is 0. The number of thiophene rings is 1. The van der Waals surface area contributed by atoms with Gasteiger partial charge in [-0.1, -0.05) is 34.1 Å². The summed E-state index contributed by atoms with van der Waals surface area (Å²) in [5, 5.41) is 5.74. The Morgan fingerprint density at radius 1 is 1.00 bits per heavy atom. The number of fused-ring (bicyclic) bond motifs is 1. The van der Waals surface area contributed by atoms with Gasteiger partial charge < -0.3 is 5.32 Å². The molecule has 3 aromatic rings. The smallest absolute Gasteiger partial charge is 0.0346 e. The molecule has 3 heteroatoms. The lowest BCUT2D eigenvalue weighted by Gasteiger charge is -2.02. The Kier molecular flexibility index (Phi) is 3.69. The number of hydrogen-bond donors (Lipinski definition) is 1. The van der Waals surface area contributed by atoms with Crippen LogP contribution in [-0.4, -0.2) is 7.05 Å². The van der Waals surface area contributed by atoms with E-state index >= 15 is 0 Å². The molecule has 1 heterocycles. The third-order valence-electron chi connectivity index (χ3n) is 3.10. The maximum absolute atomic E-state index is 3.51. The molecule has 0 radical (unpaired) electrons. The second-order valence-electron chi connectivity index (χ2n) is 4.50. The highest BCUT2D eigenvalue weighted by molar-refractivity contribution is 9.10. The van der Waals surface area contributed by atoms with Crippen molar-refractivity contribution in [2.45, 2.75) is 6.54 Å². The summed E-state index contributed by atoms with van der Waals surface area (Å²) in [6.45, 7) is 0.936. The van der Waals surface area contributed by atoms with Gasteiger partial charge in [-0.15, -0.1) is 11.3 Å². The van der Waals surface area contributed by atoms with Crippen LogP contribution < -0.4 is 5.32 Å². The molecule has 0 aliphatic rings. The van der Waals surface area contributed by atoms with E-state index in [9.17, 15) is 0 Å². The van der Waals surface area contributed by atoms with E-state index in [1.807, 2.05) is 18.4 Å². The van der Waals surface area contributed by atoms with Crippen LogP contribution in [0.25, 0.3) is 21.2 Å². The van der Waals surface area contributed by atoms with Crippen LogP contribution in [0.2, 0.25) is 0 Å². The molecule has 0 spiro atoms. The lowest BCUT2D eigenvalue weighted by Crippen LogP contribution is -2.02. The topological polar surface area (TPSA) is 12.0 Å². The van der Waals surface area contributed by atoms with Gasteiger partial charge >= 0.3 is 0 Å². The highest BCUT2D eigenvalue weighted by atomic mass is 79.9. The van der Waals surface area contributed by atoms with Crippen LogP contribution >= 0.6 is 27.3 Å². The molecule has 0 atom stereocenters. The summed E-state index contributed by atoms with van der Waals surface area (Å²) in [6.07, 6.45) is 0. The Labute approximate surface area is 125 Å². The van der Waals surface area contributed by atoms with Gasteiger partial charge in [-0.05, 0) is 53.7 Å². The Bertz CT molecular complexity index is 718. The summed E-state index contributed by atoms with van der Waals surface area (Å²) < 4.78 is 1.13. The number of benzene rings is 2. The maximum Gasteiger partial charge on any atom is 0.0346 e. The van der Waals surface area contributed by atoms with Gasteiger partial charge in [-0.25, -0.2) is 0 Å². The number of halogens is 1. The Balaban J connectivity index is 2.02. The fraction of sp³-hybridized carbons (Fsp3) is 0.125. The first-order valence-corrected chi connectivity index (χ1v) is 7.80. The molecule has 0 fully saturated rings. The minimum absolute atomic E-state index is 0.936. The van der Waals surface area contributed by atoms with Crippen molar-refractivity contribution in [3.63, 3.8) is 0 Å². The van der Waals surface area contributed by atoms with Crippen LogP contribution in [0.1, 0.15) is 4.88 Å². The highest BCUT2D eigenvalue weighted by Crippen LogP contribution is 2.31. The molecule has 0 amide bonds. The standard InChI is InChI=1S/C16H14BrNS/c1-18-10-15-6-7-16(19-15)13-3-2-12-9-14(17)5-4-11(12)8-13/h2-9,18H,10H2,1H3. The highest BCUT2D eigenvalue weighted by Gasteiger charge is 2.04. The fourth-order valence-corrected chi connectivity index (χ4v) is 3.57. The predicted molar refractivity (Wildman–Crippen MR) is 87.7 cm³/mol. The van der Waals surface area contributed by atoms with Crippen molar-refractivity contribution in [2.24, 2.45) is 0 Å². The van der Waals surface area contributed by atoms with E-state index in [2.05, 4.69) is 69.8 Å². The van der Waals surface area contributed by atoms with Gasteiger partial charge in [0.15, 0.2) is 0 Å². The minimum atomic E-state index is 0.936. The monoisotopic (exact) mass is 331 g/mol. The molecule has 0 aliphatic carbocycles. The normalized spacial score (nSPS) is 11.1. The molecule has 2 aromatic carbocycles. The van der Waals surface area contributed by atoms with Crippen LogP contribution in [0.15, 0.2) is 53.0 Å². The van der Waals surface area contributed by atoms with Crippen LogP contribution in [-0.2, 0) is 6.54 Å². The summed E-state index contributed by atoms with van der Waals surface area (Å²) in [7, 11) is 1.98. The van der Waals surface area contributed by atoms with Crippen molar-refractivity contribution >= 4 is 38.0 Å². The molecule has 3 rings (SSSR count). The third kappa shape index (κ3) is 2.73. The van der Waals surface area contributed by atoms with Crippen molar-refractivity contribution < 1.29 is 0 Å². The molecule has 0 aliphatic heterocycles. The molecule has 0 unspecified atom stereocenters. The summed E-state index contributed by atoms with van der Waals surface area (Å²) in [5.41, 5.74) is 1.29. The fourth-order valence-electron chi connectivity index (χ4n) is 2.17. The quantitative estimate of drug-likeness (QED) is 0.708. The van der Waals surface area contributed by atoms with E-state index in [1.165, 1.54) is 26.1 Å². The first-order valence-electron chi connectivity index (χ1n) is 6.19. The van der Waals surface area contributed by atoms with Gasteiger partial charge in [0, 0.05) is 20.8 Å². The van der Waals surface area contributed by atoms with Crippen molar-refractivity contribution in [1.82, 2.24) is 5.32 Å². The average Bonchev–Trinajstić information content (AvgIpc) is 2.87. The van der Waals surface area contributed by atoms with E-state index in [0.717, 1.165) is 11.0 Å². The number of nitrogens with one attached hydrogen (secondary N) is 1. The molecule has 0 saturated heterocycles. The SMILES string of the molecule is CNCc1ccc(-c2ccc3cc(Br)ccc3c2)s1. The van der Waals surface area contributed by atoms with Crippen molar-refractivity contribution in [3.8, 4) is 10.4 Å². The van der Waals surface area contributed by atoms with Gasteiger partial charge in [-0.2, -0.15) is 0 Å². The zero-order valence-electron chi connectivity index (χ0n) is 10.6. The number of rotatable bonds is 3. The van der Waals surface area contributed by atoms with Crippen molar-refractivity contribution in [1.29, 1.82) is 0 Å². The second-order valence-corrected chi connectivity index (χ2v) is 6.59. The lowest BCUT2D eigenvalue weighted by molar-refractivity contribution is 0.831. The van der Waals surface area contributed by atoms with E-state index in [4.69, 9.17) is 0 Å². The van der Waals surface area contributed by atoms with Crippen molar-refractivity contribution in [3.05, 3.63) is 57.9 Å².